The largest absolute Gasteiger partial charge is 0.397 e. The highest BCUT2D eigenvalue weighted by atomic mass is 79.9. The third kappa shape index (κ3) is 2.34. The highest BCUT2D eigenvalue weighted by Gasteiger charge is 2.31. The second-order valence-corrected chi connectivity index (χ2v) is 5.93. The molecule has 0 amide bonds. The molecule has 0 aromatic heterocycles. The van der Waals surface area contributed by atoms with E-state index in [2.05, 4.69) is 25.7 Å². The standard InChI is InChI=1S/C13H17BrFN3/c14-10-7-12(16)13(8-11(10)15)18-5-3-17(4-6-18)9-1-2-9/h7-9H,1-6,16H2. The molecule has 1 aliphatic carbocycles. The summed E-state index contributed by atoms with van der Waals surface area (Å²) in [5, 5.41) is 0. The molecular weight excluding hydrogens is 297 g/mol. The zero-order valence-electron chi connectivity index (χ0n) is 10.2. The Hall–Kier alpha value is -0.810. The average Bonchev–Trinajstić information content (AvgIpc) is 3.18. The molecule has 3 rings (SSSR count). The predicted octanol–water partition coefficient (Wildman–Crippen LogP) is 2.45. The molecule has 2 fully saturated rings. The molecule has 5 heteroatoms. The van der Waals surface area contributed by atoms with Gasteiger partial charge in [-0.15, -0.1) is 0 Å². The van der Waals surface area contributed by atoms with Gasteiger partial charge in [0.1, 0.15) is 5.82 Å². The lowest BCUT2D eigenvalue weighted by Crippen LogP contribution is -2.47. The van der Waals surface area contributed by atoms with E-state index in [1.807, 2.05) is 0 Å². The van der Waals surface area contributed by atoms with Crippen LogP contribution in [0.3, 0.4) is 0 Å². The lowest BCUT2D eigenvalue weighted by molar-refractivity contribution is 0.248. The number of benzene rings is 1. The van der Waals surface area contributed by atoms with Gasteiger partial charge >= 0.3 is 0 Å². The topological polar surface area (TPSA) is 32.5 Å². The third-order valence-corrected chi connectivity index (χ3v) is 4.40. The summed E-state index contributed by atoms with van der Waals surface area (Å²) in [6.45, 7) is 3.98. The summed E-state index contributed by atoms with van der Waals surface area (Å²) >= 11 is 3.16. The number of anilines is 2. The lowest BCUT2D eigenvalue weighted by atomic mass is 10.2. The predicted molar refractivity (Wildman–Crippen MR) is 75.3 cm³/mol. The van der Waals surface area contributed by atoms with Crippen molar-refractivity contribution in [1.29, 1.82) is 0 Å². The number of nitrogens with two attached hydrogens (primary N) is 1. The zero-order valence-corrected chi connectivity index (χ0v) is 11.8. The van der Waals surface area contributed by atoms with Crippen molar-refractivity contribution in [2.75, 3.05) is 36.8 Å². The van der Waals surface area contributed by atoms with E-state index in [-0.39, 0.29) is 5.82 Å². The van der Waals surface area contributed by atoms with Crippen molar-refractivity contribution < 1.29 is 4.39 Å². The highest BCUT2D eigenvalue weighted by Crippen LogP contribution is 2.32. The van der Waals surface area contributed by atoms with E-state index < -0.39 is 0 Å². The van der Waals surface area contributed by atoms with Crippen LogP contribution in [0.15, 0.2) is 16.6 Å². The van der Waals surface area contributed by atoms with Crippen molar-refractivity contribution in [3.63, 3.8) is 0 Å². The van der Waals surface area contributed by atoms with Crippen molar-refractivity contribution in [2.45, 2.75) is 18.9 Å². The van der Waals surface area contributed by atoms with Crippen LogP contribution in [0.5, 0.6) is 0 Å². The van der Waals surface area contributed by atoms with E-state index in [1.54, 1.807) is 6.07 Å². The fourth-order valence-corrected chi connectivity index (χ4v) is 2.95. The lowest BCUT2D eigenvalue weighted by Gasteiger charge is -2.36. The monoisotopic (exact) mass is 313 g/mol. The summed E-state index contributed by atoms with van der Waals surface area (Å²) < 4.78 is 14.0. The van der Waals surface area contributed by atoms with E-state index >= 15 is 0 Å². The number of rotatable bonds is 2. The molecule has 3 nitrogen and oxygen atoms in total. The van der Waals surface area contributed by atoms with Crippen molar-refractivity contribution in [2.24, 2.45) is 0 Å². The maximum absolute atomic E-state index is 13.6. The molecule has 1 saturated carbocycles. The molecule has 0 bridgehead atoms. The van der Waals surface area contributed by atoms with Crippen LogP contribution in [-0.2, 0) is 0 Å². The summed E-state index contributed by atoms with van der Waals surface area (Å²) in [7, 11) is 0. The minimum Gasteiger partial charge on any atom is -0.397 e. The van der Waals surface area contributed by atoms with Gasteiger partial charge in [-0.25, -0.2) is 4.39 Å². The first-order chi connectivity index (χ1) is 8.65. The van der Waals surface area contributed by atoms with Crippen LogP contribution in [0.4, 0.5) is 15.8 Å². The van der Waals surface area contributed by atoms with Gasteiger partial charge in [-0.05, 0) is 34.8 Å². The van der Waals surface area contributed by atoms with Gasteiger partial charge in [-0.3, -0.25) is 4.90 Å². The number of nitrogen functional groups attached to an aromatic ring is 1. The number of piperazine rings is 1. The highest BCUT2D eigenvalue weighted by molar-refractivity contribution is 9.10. The smallest absolute Gasteiger partial charge is 0.139 e. The second-order valence-electron chi connectivity index (χ2n) is 5.08. The van der Waals surface area contributed by atoms with Crippen molar-refractivity contribution in [1.82, 2.24) is 4.90 Å². The summed E-state index contributed by atoms with van der Waals surface area (Å²) in [6, 6.07) is 4.00. The Kier molecular flexibility index (Phi) is 3.20. The Morgan fingerprint density at radius 3 is 2.44 bits per heavy atom. The van der Waals surface area contributed by atoms with E-state index in [0.717, 1.165) is 37.9 Å². The van der Waals surface area contributed by atoms with Gasteiger partial charge in [-0.1, -0.05) is 0 Å². The Morgan fingerprint density at radius 2 is 1.83 bits per heavy atom. The van der Waals surface area contributed by atoms with Crippen molar-refractivity contribution in [3.05, 3.63) is 22.4 Å². The first kappa shape index (κ1) is 12.2. The molecule has 18 heavy (non-hydrogen) atoms. The normalized spacial score (nSPS) is 21.3. The molecule has 1 aromatic rings. The summed E-state index contributed by atoms with van der Waals surface area (Å²) in [5.74, 6) is -0.246. The van der Waals surface area contributed by atoms with Gasteiger partial charge in [0.2, 0.25) is 0 Å². The van der Waals surface area contributed by atoms with E-state index in [1.165, 1.54) is 18.9 Å². The van der Waals surface area contributed by atoms with Gasteiger partial charge in [0.05, 0.1) is 15.8 Å². The van der Waals surface area contributed by atoms with E-state index in [9.17, 15) is 4.39 Å². The number of hydrogen-bond donors (Lipinski definition) is 1. The Labute approximate surface area is 115 Å². The molecule has 1 heterocycles. The molecule has 0 spiro atoms. The van der Waals surface area contributed by atoms with Crippen LogP contribution >= 0.6 is 15.9 Å². The van der Waals surface area contributed by atoms with Gasteiger partial charge < -0.3 is 10.6 Å². The SMILES string of the molecule is Nc1cc(Br)c(F)cc1N1CCN(C2CC2)CC1. The van der Waals surface area contributed by atoms with Gasteiger partial charge in [0.25, 0.3) is 0 Å². The Morgan fingerprint density at radius 1 is 1.17 bits per heavy atom. The number of nitrogens with zero attached hydrogens (tertiary/aromatic N) is 2. The molecule has 0 unspecified atom stereocenters. The molecule has 1 saturated heterocycles. The molecule has 98 valence electrons. The summed E-state index contributed by atoms with van der Waals surface area (Å²) in [5.41, 5.74) is 7.44. The first-order valence-electron chi connectivity index (χ1n) is 6.38. The second kappa shape index (κ2) is 4.70. The maximum Gasteiger partial charge on any atom is 0.139 e. The maximum atomic E-state index is 13.6. The molecule has 2 N–H and O–H groups in total. The average molecular weight is 314 g/mol. The zero-order chi connectivity index (χ0) is 12.7. The van der Waals surface area contributed by atoms with Crippen molar-refractivity contribution in [3.8, 4) is 0 Å². The van der Waals surface area contributed by atoms with Crippen molar-refractivity contribution >= 4 is 27.3 Å². The van der Waals surface area contributed by atoms with Crippen LogP contribution in [-0.4, -0.2) is 37.1 Å². The molecule has 0 radical (unpaired) electrons. The van der Waals surface area contributed by atoms with Crippen LogP contribution in [0.2, 0.25) is 0 Å². The fourth-order valence-electron chi connectivity index (χ4n) is 2.59. The Bertz CT molecular complexity index is 454. The first-order valence-corrected chi connectivity index (χ1v) is 7.18. The van der Waals surface area contributed by atoms with Crippen LogP contribution in [0.25, 0.3) is 0 Å². The summed E-state index contributed by atoms with van der Waals surface area (Å²) in [6.07, 6.45) is 2.68. The number of halogens is 2. The number of hydrogen-bond acceptors (Lipinski definition) is 3. The van der Waals surface area contributed by atoms with Gasteiger partial charge in [-0.2, -0.15) is 0 Å². The van der Waals surface area contributed by atoms with Crippen LogP contribution in [0.1, 0.15) is 12.8 Å². The van der Waals surface area contributed by atoms with Gasteiger partial charge in [0, 0.05) is 38.3 Å². The minimum atomic E-state index is -0.246. The van der Waals surface area contributed by atoms with Gasteiger partial charge in [0.15, 0.2) is 0 Å². The molecule has 1 aromatic carbocycles. The minimum absolute atomic E-state index is 0.246. The van der Waals surface area contributed by atoms with Crippen LogP contribution in [0, 0.1) is 5.82 Å². The quantitative estimate of drug-likeness (QED) is 0.851. The third-order valence-electron chi connectivity index (χ3n) is 3.79. The van der Waals surface area contributed by atoms with E-state index in [0.29, 0.717) is 10.2 Å². The molecule has 1 aliphatic heterocycles. The molecular formula is C13H17BrFN3. The van der Waals surface area contributed by atoms with E-state index in [4.69, 9.17) is 5.73 Å². The molecule has 0 atom stereocenters. The van der Waals surface area contributed by atoms with Crippen LogP contribution < -0.4 is 10.6 Å². The summed E-state index contributed by atoms with van der Waals surface area (Å²) in [4.78, 5) is 4.71. The molecule has 2 aliphatic rings. The Balaban J connectivity index is 1.73. The fraction of sp³-hybridized carbons (Fsp3) is 0.538.